The molecule has 16 heavy (non-hydrogen) atoms. The van der Waals surface area contributed by atoms with Crippen LogP contribution in [0.15, 0.2) is 0 Å². The lowest BCUT2D eigenvalue weighted by molar-refractivity contribution is 0.185. The number of rotatable bonds is 7. The zero-order valence-corrected chi connectivity index (χ0v) is 11.9. The molecule has 1 rings (SSSR count). The normalized spacial score (nSPS) is 24.4. The van der Waals surface area contributed by atoms with Crippen LogP contribution >= 0.6 is 0 Å². The lowest BCUT2D eigenvalue weighted by Gasteiger charge is -2.20. The fraction of sp³-hybridized carbons (Fsp3) is 1.00. The summed E-state index contributed by atoms with van der Waals surface area (Å²) >= 11 is 0. The van der Waals surface area contributed by atoms with Gasteiger partial charge in [-0.1, -0.05) is 34.6 Å². The smallest absolute Gasteiger partial charge is 0.0462 e. The molecule has 0 heterocycles. The number of hydrogen-bond donors (Lipinski definition) is 1. The first kappa shape index (κ1) is 14.0. The van der Waals surface area contributed by atoms with Gasteiger partial charge in [0.2, 0.25) is 0 Å². The molecule has 1 fully saturated rings. The van der Waals surface area contributed by atoms with Crippen molar-refractivity contribution in [3.8, 4) is 0 Å². The van der Waals surface area contributed by atoms with Gasteiger partial charge in [0.15, 0.2) is 0 Å². The van der Waals surface area contributed by atoms with Gasteiger partial charge in [-0.15, -0.1) is 0 Å². The van der Waals surface area contributed by atoms with Crippen LogP contribution in [0, 0.1) is 16.7 Å². The highest BCUT2D eigenvalue weighted by molar-refractivity contribution is 5.16. The maximum absolute atomic E-state index is 5.15. The summed E-state index contributed by atoms with van der Waals surface area (Å²) in [5, 5.41) is 3.66. The molecule has 0 aliphatic heterocycles. The van der Waals surface area contributed by atoms with E-state index in [1.807, 2.05) is 0 Å². The van der Waals surface area contributed by atoms with Gasteiger partial charge < -0.3 is 10.1 Å². The molecule has 0 saturated heterocycles. The summed E-state index contributed by atoms with van der Waals surface area (Å²) in [7, 11) is 1.78. The van der Waals surface area contributed by atoms with Crippen molar-refractivity contribution in [2.45, 2.75) is 53.5 Å². The molecule has 0 amide bonds. The van der Waals surface area contributed by atoms with Crippen LogP contribution < -0.4 is 5.32 Å². The Hall–Kier alpha value is -0.0800. The lowest BCUT2D eigenvalue weighted by Crippen LogP contribution is -2.33. The van der Waals surface area contributed by atoms with Gasteiger partial charge in [-0.25, -0.2) is 0 Å². The Morgan fingerprint density at radius 3 is 2.12 bits per heavy atom. The van der Waals surface area contributed by atoms with Crippen molar-refractivity contribution < 1.29 is 4.74 Å². The molecule has 1 aliphatic carbocycles. The van der Waals surface area contributed by atoms with Crippen molar-refractivity contribution in [3.05, 3.63) is 0 Å². The van der Waals surface area contributed by atoms with Gasteiger partial charge in [0.1, 0.15) is 0 Å². The maximum atomic E-state index is 5.15. The molecule has 1 N–H and O–H groups in total. The predicted molar refractivity (Wildman–Crippen MR) is 69.6 cm³/mol. The molecule has 2 heteroatoms. The molecule has 1 saturated carbocycles. The van der Waals surface area contributed by atoms with Gasteiger partial charge in [-0.2, -0.15) is 0 Å². The zero-order chi connectivity index (χ0) is 12.4. The average Bonchev–Trinajstić information content (AvgIpc) is 2.57. The number of methoxy groups -OCH3 is 1. The quantitative estimate of drug-likeness (QED) is 0.675. The summed E-state index contributed by atoms with van der Waals surface area (Å²) in [5.74, 6) is 0.803. The summed E-state index contributed by atoms with van der Waals surface area (Å²) in [6.45, 7) is 13.8. The minimum absolute atomic E-state index is 0.479. The molecule has 0 spiro atoms. The Morgan fingerprint density at radius 1 is 1.19 bits per heavy atom. The predicted octanol–water partition coefficient (Wildman–Crippen LogP) is 3.07. The molecule has 0 aromatic carbocycles. The highest BCUT2D eigenvalue weighted by Gasteiger charge is 2.66. The molecule has 0 radical (unpaired) electrons. The fourth-order valence-electron chi connectivity index (χ4n) is 3.35. The minimum atomic E-state index is 0.479. The minimum Gasteiger partial charge on any atom is -0.385 e. The SMILES string of the molecule is CCNC(CCCOC)C1C(C)(C)C1(C)C. The van der Waals surface area contributed by atoms with Crippen LogP contribution in [0.1, 0.15) is 47.5 Å². The van der Waals surface area contributed by atoms with Gasteiger partial charge in [0.05, 0.1) is 0 Å². The van der Waals surface area contributed by atoms with E-state index in [1.54, 1.807) is 7.11 Å². The second-order valence-electron chi connectivity index (χ2n) is 6.22. The van der Waals surface area contributed by atoms with Crippen LogP contribution in [0.2, 0.25) is 0 Å². The molecule has 0 aromatic rings. The Balaban J connectivity index is 2.52. The van der Waals surface area contributed by atoms with Crippen LogP contribution in [0.3, 0.4) is 0 Å². The molecular weight excluding hydrogens is 198 g/mol. The van der Waals surface area contributed by atoms with E-state index >= 15 is 0 Å². The van der Waals surface area contributed by atoms with Crippen LogP contribution in [-0.4, -0.2) is 26.3 Å². The summed E-state index contributed by atoms with van der Waals surface area (Å²) < 4.78 is 5.15. The first-order valence-corrected chi connectivity index (χ1v) is 6.62. The summed E-state index contributed by atoms with van der Waals surface area (Å²) in [4.78, 5) is 0. The molecule has 2 nitrogen and oxygen atoms in total. The van der Waals surface area contributed by atoms with Crippen LogP contribution in [0.4, 0.5) is 0 Å². The summed E-state index contributed by atoms with van der Waals surface area (Å²) in [6.07, 6.45) is 2.40. The van der Waals surface area contributed by atoms with E-state index in [4.69, 9.17) is 4.74 Å². The number of hydrogen-bond acceptors (Lipinski definition) is 2. The second kappa shape index (κ2) is 5.05. The summed E-state index contributed by atoms with van der Waals surface area (Å²) in [5.41, 5.74) is 0.958. The third kappa shape index (κ3) is 2.43. The summed E-state index contributed by atoms with van der Waals surface area (Å²) in [6, 6.07) is 0.658. The Labute approximate surface area is 101 Å². The highest BCUT2D eigenvalue weighted by atomic mass is 16.5. The van der Waals surface area contributed by atoms with Gasteiger partial charge in [0.25, 0.3) is 0 Å². The van der Waals surface area contributed by atoms with E-state index in [0.717, 1.165) is 25.5 Å². The van der Waals surface area contributed by atoms with Crippen molar-refractivity contribution in [2.75, 3.05) is 20.3 Å². The fourth-order valence-corrected chi connectivity index (χ4v) is 3.35. The monoisotopic (exact) mass is 227 g/mol. The van der Waals surface area contributed by atoms with E-state index in [9.17, 15) is 0 Å². The van der Waals surface area contributed by atoms with Gasteiger partial charge in [-0.05, 0) is 36.1 Å². The third-order valence-corrected chi connectivity index (χ3v) is 4.86. The van der Waals surface area contributed by atoms with Crippen molar-refractivity contribution in [1.29, 1.82) is 0 Å². The highest BCUT2D eigenvalue weighted by Crippen LogP contribution is 2.69. The van der Waals surface area contributed by atoms with E-state index in [1.165, 1.54) is 6.42 Å². The van der Waals surface area contributed by atoms with E-state index in [-0.39, 0.29) is 0 Å². The first-order chi connectivity index (χ1) is 7.39. The molecule has 1 unspecified atom stereocenters. The number of nitrogens with one attached hydrogen (secondary N) is 1. The zero-order valence-electron chi connectivity index (χ0n) is 11.9. The van der Waals surface area contributed by atoms with Gasteiger partial charge in [-0.3, -0.25) is 0 Å². The Morgan fingerprint density at radius 2 is 1.75 bits per heavy atom. The number of ether oxygens (including phenoxy) is 1. The van der Waals surface area contributed by atoms with Crippen molar-refractivity contribution in [2.24, 2.45) is 16.7 Å². The van der Waals surface area contributed by atoms with E-state index < -0.39 is 0 Å². The second-order valence-corrected chi connectivity index (χ2v) is 6.22. The standard InChI is InChI=1S/C14H29NO/c1-7-15-11(9-8-10-16-6)12-13(2,3)14(12,4)5/h11-12,15H,7-10H2,1-6H3. The molecule has 96 valence electrons. The van der Waals surface area contributed by atoms with E-state index in [2.05, 4.69) is 39.9 Å². The van der Waals surface area contributed by atoms with Crippen LogP contribution in [-0.2, 0) is 4.74 Å². The molecular formula is C14H29NO. The van der Waals surface area contributed by atoms with Crippen molar-refractivity contribution >= 4 is 0 Å². The largest absolute Gasteiger partial charge is 0.385 e. The first-order valence-electron chi connectivity index (χ1n) is 6.62. The third-order valence-electron chi connectivity index (χ3n) is 4.86. The molecule has 1 atom stereocenters. The van der Waals surface area contributed by atoms with Crippen LogP contribution in [0.25, 0.3) is 0 Å². The maximum Gasteiger partial charge on any atom is 0.0462 e. The van der Waals surface area contributed by atoms with Crippen LogP contribution in [0.5, 0.6) is 0 Å². The Kier molecular flexibility index (Phi) is 4.42. The van der Waals surface area contributed by atoms with Crippen molar-refractivity contribution in [1.82, 2.24) is 5.32 Å². The molecule has 1 aliphatic rings. The average molecular weight is 227 g/mol. The Bertz CT molecular complexity index is 209. The molecule has 0 bridgehead atoms. The van der Waals surface area contributed by atoms with E-state index in [0.29, 0.717) is 16.9 Å². The van der Waals surface area contributed by atoms with Gasteiger partial charge in [0, 0.05) is 19.8 Å². The topological polar surface area (TPSA) is 21.3 Å². The van der Waals surface area contributed by atoms with Crippen molar-refractivity contribution in [3.63, 3.8) is 0 Å². The molecule has 0 aromatic heterocycles. The lowest BCUT2D eigenvalue weighted by atomic mass is 10.00. The van der Waals surface area contributed by atoms with Gasteiger partial charge >= 0.3 is 0 Å².